The maximum atomic E-state index is 12.4. The van der Waals surface area contributed by atoms with Crippen molar-refractivity contribution in [3.8, 4) is 5.81 Å². The van der Waals surface area contributed by atoms with Crippen molar-refractivity contribution >= 4 is 7.52 Å². The van der Waals surface area contributed by atoms with Crippen LogP contribution < -0.4 is 0 Å². The molecule has 17 heavy (non-hydrogen) atoms. The number of nitriles is 1. The second kappa shape index (κ2) is 9.65. The van der Waals surface area contributed by atoms with E-state index in [1.807, 2.05) is 19.7 Å². The van der Waals surface area contributed by atoms with Gasteiger partial charge in [-0.1, -0.05) is 33.6 Å². The maximum absolute atomic E-state index is 12.4. The molecule has 0 saturated carbocycles. The van der Waals surface area contributed by atoms with Crippen LogP contribution in [0.25, 0.3) is 0 Å². The molecule has 0 aliphatic heterocycles. The van der Waals surface area contributed by atoms with Crippen molar-refractivity contribution in [3.05, 3.63) is 0 Å². The van der Waals surface area contributed by atoms with Crippen LogP contribution in [-0.2, 0) is 9.09 Å². The molecule has 0 saturated heterocycles. The Morgan fingerprint density at radius 1 is 1.12 bits per heavy atom. The first kappa shape index (κ1) is 16.6. The second-order valence-electron chi connectivity index (χ2n) is 4.11. The Morgan fingerprint density at radius 3 is 2.12 bits per heavy atom. The van der Waals surface area contributed by atoms with Gasteiger partial charge in [-0.15, -0.1) is 0 Å². The molecule has 0 aliphatic rings. The van der Waals surface area contributed by atoms with Gasteiger partial charge in [0.1, 0.15) is 0 Å². The van der Waals surface area contributed by atoms with Gasteiger partial charge in [-0.2, -0.15) is 5.26 Å². The van der Waals surface area contributed by atoms with Crippen molar-refractivity contribution in [2.75, 3.05) is 19.7 Å². The summed E-state index contributed by atoms with van der Waals surface area (Å²) in [7, 11) is -3.24. The molecule has 0 rings (SSSR count). The van der Waals surface area contributed by atoms with E-state index in [4.69, 9.17) is 9.79 Å². The van der Waals surface area contributed by atoms with E-state index in [-0.39, 0.29) is 0 Å². The van der Waals surface area contributed by atoms with Crippen LogP contribution in [0.3, 0.4) is 0 Å². The molecule has 1 atom stereocenters. The molecule has 5 heteroatoms. The first-order valence-electron chi connectivity index (χ1n) is 6.55. The van der Waals surface area contributed by atoms with E-state index in [1.165, 1.54) is 0 Å². The van der Waals surface area contributed by atoms with Gasteiger partial charge in [-0.25, -0.2) is 4.67 Å². The smallest absolute Gasteiger partial charge is 0.307 e. The number of hydrogen-bond acceptors (Lipinski definition) is 3. The van der Waals surface area contributed by atoms with Gasteiger partial charge in [-0.3, -0.25) is 4.57 Å². The molecule has 4 nitrogen and oxygen atoms in total. The van der Waals surface area contributed by atoms with Crippen molar-refractivity contribution in [2.24, 2.45) is 0 Å². The molecule has 0 fully saturated rings. The summed E-state index contributed by atoms with van der Waals surface area (Å²) in [6, 6.07) is 0. The molecular weight excluding hydrogens is 235 g/mol. The number of hydrogen-bond donors (Lipinski definition) is 0. The Bertz CT molecular complexity index is 270. The number of nitrogens with zero attached hydrogens (tertiary/aromatic N) is 2. The molecule has 0 spiro atoms. The summed E-state index contributed by atoms with van der Waals surface area (Å²) in [6.45, 7) is 7.87. The Morgan fingerprint density at radius 2 is 1.71 bits per heavy atom. The summed E-state index contributed by atoms with van der Waals surface area (Å²) in [5.41, 5.74) is 0. The van der Waals surface area contributed by atoms with Gasteiger partial charge < -0.3 is 4.52 Å². The highest BCUT2D eigenvalue weighted by atomic mass is 31.2. The SMILES string of the molecule is CCCCCOP(=O)(C#N)N(CCC)CCC. The van der Waals surface area contributed by atoms with Gasteiger partial charge in [0.15, 0.2) is 5.81 Å². The van der Waals surface area contributed by atoms with Crippen molar-refractivity contribution in [1.29, 1.82) is 5.26 Å². The average Bonchev–Trinajstić information content (AvgIpc) is 2.34. The van der Waals surface area contributed by atoms with E-state index in [1.54, 1.807) is 4.67 Å². The second-order valence-corrected chi connectivity index (χ2v) is 6.18. The van der Waals surface area contributed by atoms with Gasteiger partial charge >= 0.3 is 7.52 Å². The fraction of sp³-hybridized carbons (Fsp3) is 0.917. The van der Waals surface area contributed by atoms with Crippen molar-refractivity contribution in [2.45, 2.75) is 52.9 Å². The number of unbranched alkanes of at least 4 members (excludes halogenated alkanes) is 2. The predicted octanol–water partition coefficient (Wildman–Crippen LogP) is 3.99. The standard InChI is InChI=1S/C12H25N2O2P/c1-4-7-8-11-16-17(15,12-13)14(9-5-2)10-6-3/h4-11H2,1-3H3. The lowest BCUT2D eigenvalue weighted by Crippen LogP contribution is -2.23. The molecule has 0 amide bonds. The van der Waals surface area contributed by atoms with Crippen LogP contribution >= 0.6 is 7.52 Å². The monoisotopic (exact) mass is 260 g/mol. The van der Waals surface area contributed by atoms with Crippen molar-refractivity contribution < 1.29 is 9.09 Å². The third-order valence-electron chi connectivity index (χ3n) is 2.48. The fourth-order valence-electron chi connectivity index (χ4n) is 1.61. The summed E-state index contributed by atoms with van der Waals surface area (Å²) >= 11 is 0. The van der Waals surface area contributed by atoms with Crippen LogP contribution in [0.5, 0.6) is 0 Å². The Kier molecular flexibility index (Phi) is 9.44. The summed E-state index contributed by atoms with van der Waals surface area (Å²) in [4.78, 5) is 0. The lowest BCUT2D eigenvalue weighted by Gasteiger charge is -2.25. The molecule has 0 aromatic carbocycles. The zero-order valence-electron chi connectivity index (χ0n) is 11.3. The maximum Gasteiger partial charge on any atom is 0.371 e. The first-order chi connectivity index (χ1) is 8.14. The molecule has 0 aliphatic carbocycles. The molecule has 0 radical (unpaired) electrons. The summed E-state index contributed by atoms with van der Waals surface area (Å²) in [5, 5.41) is 9.09. The predicted molar refractivity (Wildman–Crippen MR) is 70.9 cm³/mol. The molecule has 0 aromatic rings. The minimum Gasteiger partial charge on any atom is -0.307 e. The van der Waals surface area contributed by atoms with Crippen LogP contribution in [0, 0.1) is 11.1 Å². The molecule has 0 bridgehead atoms. The highest BCUT2D eigenvalue weighted by Crippen LogP contribution is 2.49. The Hall–Kier alpha value is -0.360. The van der Waals surface area contributed by atoms with Crippen LogP contribution in [0.15, 0.2) is 0 Å². The highest BCUT2D eigenvalue weighted by molar-refractivity contribution is 7.61. The van der Waals surface area contributed by atoms with Crippen LogP contribution in [-0.4, -0.2) is 24.4 Å². The van der Waals surface area contributed by atoms with E-state index in [0.29, 0.717) is 19.7 Å². The van der Waals surface area contributed by atoms with Crippen LogP contribution in [0.1, 0.15) is 52.9 Å². The van der Waals surface area contributed by atoms with Crippen LogP contribution in [0.4, 0.5) is 0 Å². The largest absolute Gasteiger partial charge is 0.371 e. The lowest BCUT2D eigenvalue weighted by molar-refractivity contribution is 0.260. The van der Waals surface area contributed by atoms with Gasteiger partial charge in [0.25, 0.3) is 0 Å². The Balaban J connectivity index is 4.39. The fourth-order valence-corrected chi connectivity index (χ4v) is 3.26. The third kappa shape index (κ3) is 6.21. The molecule has 100 valence electrons. The summed E-state index contributed by atoms with van der Waals surface area (Å²) in [5.74, 6) is 1.88. The normalized spacial score (nSPS) is 14.5. The topological polar surface area (TPSA) is 53.3 Å². The van der Waals surface area contributed by atoms with E-state index in [0.717, 1.165) is 32.1 Å². The minimum absolute atomic E-state index is 0.419. The molecule has 1 unspecified atom stereocenters. The molecule has 0 N–H and O–H groups in total. The van der Waals surface area contributed by atoms with Crippen molar-refractivity contribution in [3.63, 3.8) is 0 Å². The van der Waals surface area contributed by atoms with Gasteiger partial charge in [0, 0.05) is 13.1 Å². The molecule has 0 aromatic heterocycles. The molecule has 0 heterocycles. The van der Waals surface area contributed by atoms with Crippen LogP contribution in [0.2, 0.25) is 0 Å². The van der Waals surface area contributed by atoms with E-state index in [9.17, 15) is 4.57 Å². The molecular formula is C12H25N2O2P. The van der Waals surface area contributed by atoms with E-state index in [2.05, 4.69) is 6.92 Å². The first-order valence-corrected chi connectivity index (χ1v) is 8.13. The lowest BCUT2D eigenvalue weighted by atomic mass is 10.3. The zero-order chi connectivity index (χ0) is 13.1. The minimum atomic E-state index is -3.24. The number of rotatable bonds is 10. The van der Waals surface area contributed by atoms with E-state index < -0.39 is 7.52 Å². The van der Waals surface area contributed by atoms with Gasteiger partial charge in [0.2, 0.25) is 0 Å². The average molecular weight is 260 g/mol. The van der Waals surface area contributed by atoms with Crippen molar-refractivity contribution in [1.82, 2.24) is 4.67 Å². The highest BCUT2D eigenvalue weighted by Gasteiger charge is 2.30. The van der Waals surface area contributed by atoms with E-state index >= 15 is 0 Å². The quantitative estimate of drug-likeness (QED) is 0.440. The van der Waals surface area contributed by atoms with Gasteiger partial charge in [-0.05, 0) is 19.3 Å². The summed E-state index contributed by atoms with van der Waals surface area (Å²) in [6.07, 6.45) is 4.77. The summed E-state index contributed by atoms with van der Waals surface area (Å²) < 4.78 is 19.4. The van der Waals surface area contributed by atoms with Gasteiger partial charge in [0.05, 0.1) is 6.61 Å². The Labute approximate surface area is 105 Å². The third-order valence-corrected chi connectivity index (χ3v) is 4.41. The zero-order valence-corrected chi connectivity index (χ0v) is 12.2.